The van der Waals surface area contributed by atoms with Crippen molar-refractivity contribution in [3.63, 3.8) is 0 Å². The fraction of sp³-hybridized carbons (Fsp3) is 0.138. The molecule has 9 heteroatoms. The number of hydrogen-bond donors (Lipinski definition) is 0. The molecule has 1 saturated heterocycles. The molecule has 0 bridgehead atoms. The number of carbonyl (C=O) groups is 2. The molecule has 2 aliphatic heterocycles. The van der Waals surface area contributed by atoms with Crippen LogP contribution in [0.25, 0.3) is 17.0 Å². The standard InChI is InChI=1S/C29H20ClN3O4S/c1-17-22(21-8-4-5-9-24(21)32(17)14-19-7-3-2-6-18(19)13-31)11-27-28(34)33(29(35)38-27)15-20-10-25-26(12-23(20)30)37-16-36-25/h2-12H,14-16H2,1H3/b27-11-. The van der Waals surface area contributed by atoms with E-state index >= 15 is 0 Å². The maximum Gasteiger partial charge on any atom is 0.293 e. The molecule has 0 aliphatic carbocycles. The number of nitriles is 1. The van der Waals surface area contributed by atoms with Crippen molar-refractivity contribution in [1.29, 1.82) is 5.26 Å². The Hall–Kier alpha value is -4.19. The van der Waals surface area contributed by atoms with E-state index in [1.807, 2.05) is 49.4 Å². The molecule has 1 fully saturated rings. The van der Waals surface area contributed by atoms with E-state index in [1.165, 1.54) is 4.90 Å². The van der Waals surface area contributed by atoms with Gasteiger partial charge < -0.3 is 14.0 Å². The van der Waals surface area contributed by atoms with Crippen molar-refractivity contribution in [2.75, 3.05) is 6.79 Å². The Morgan fingerprint density at radius 1 is 1.03 bits per heavy atom. The van der Waals surface area contributed by atoms with Crippen molar-refractivity contribution < 1.29 is 19.1 Å². The van der Waals surface area contributed by atoms with Gasteiger partial charge in [0, 0.05) is 39.8 Å². The molecule has 1 aromatic heterocycles. The van der Waals surface area contributed by atoms with Gasteiger partial charge >= 0.3 is 0 Å². The van der Waals surface area contributed by atoms with Crippen LogP contribution in [0.15, 0.2) is 65.6 Å². The lowest BCUT2D eigenvalue weighted by Gasteiger charge is -2.14. The van der Waals surface area contributed by atoms with Crippen molar-refractivity contribution in [1.82, 2.24) is 9.47 Å². The third-order valence-electron chi connectivity index (χ3n) is 6.77. The summed E-state index contributed by atoms with van der Waals surface area (Å²) in [6.07, 6.45) is 1.79. The summed E-state index contributed by atoms with van der Waals surface area (Å²) in [5.41, 5.74) is 4.91. The molecule has 7 nitrogen and oxygen atoms in total. The number of imide groups is 1. The molecule has 0 radical (unpaired) electrons. The number of ether oxygens (including phenoxy) is 2. The van der Waals surface area contributed by atoms with E-state index < -0.39 is 0 Å². The fourth-order valence-electron chi connectivity index (χ4n) is 4.80. The fourth-order valence-corrected chi connectivity index (χ4v) is 5.83. The molecular formula is C29H20ClN3O4S. The summed E-state index contributed by atoms with van der Waals surface area (Å²) in [6.45, 7) is 2.63. The summed E-state index contributed by atoms with van der Waals surface area (Å²) in [5.74, 6) is 0.699. The van der Waals surface area contributed by atoms with Gasteiger partial charge in [0.2, 0.25) is 6.79 Å². The maximum atomic E-state index is 13.4. The Morgan fingerprint density at radius 2 is 1.76 bits per heavy atom. The Kier molecular flexibility index (Phi) is 6.10. The average molecular weight is 542 g/mol. The summed E-state index contributed by atoms with van der Waals surface area (Å²) in [4.78, 5) is 27.8. The first-order chi connectivity index (χ1) is 18.4. The molecule has 2 aliphatic rings. The van der Waals surface area contributed by atoms with Crippen LogP contribution in [-0.4, -0.2) is 27.4 Å². The summed E-state index contributed by atoms with van der Waals surface area (Å²) in [7, 11) is 0. The molecule has 6 rings (SSSR count). The van der Waals surface area contributed by atoms with Crippen LogP contribution in [0.2, 0.25) is 5.02 Å². The van der Waals surface area contributed by atoms with Crippen LogP contribution < -0.4 is 9.47 Å². The van der Waals surface area contributed by atoms with E-state index in [1.54, 1.807) is 24.3 Å². The van der Waals surface area contributed by atoms with Crippen LogP contribution >= 0.6 is 23.4 Å². The molecule has 0 N–H and O–H groups in total. The molecule has 0 saturated carbocycles. The van der Waals surface area contributed by atoms with E-state index in [0.29, 0.717) is 39.1 Å². The van der Waals surface area contributed by atoms with Crippen LogP contribution in [-0.2, 0) is 17.9 Å². The van der Waals surface area contributed by atoms with Crippen molar-refractivity contribution >= 4 is 51.5 Å². The molecule has 0 spiro atoms. The Morgan fingerprint density at radius 3 is 2.58 bits per heavy atom. The van der Waals surface area contributed by atoms with Gasteiger partial charge in [-0.3, -0.25) is 14.5 Å². The van der Waals surface area contributed by atoms with E-state index in [4.69, 9.17) is 21.1 Å². The monoisotopic (exact) mass is 541 g/mol. The van der Waals surface area contributed by atoms with Gasteiger partial charge in [-0.2, -0.15) is 5.26 Å². The van der Waals surface area contributed by atoms with Gasteiger partial charge in [0.1, 0.15) is 0 Å². The lowest BCUT2D eigenvalue weighted by molar-refractivity contribution is -0.123. The number of aromatic nitrogens is 1. The summed E-state index contributed by atoms with van der Waals surface area (Å²) in [5, 5.41) is 10.6. The Bertz CT molecular complexity index is 1720. The van der Waals surface area contributed by atoms with E-state index in [-0.39, 0.29) is 24.5 Å². The number of nitrogens with zero attached hydrogens (tertiary/aromatic N) is 3. The van der Waals surface area contributed by atoms with Crippen LogP contribution in [0.3, 0.4) is 0 Å². The summed E-state index contributed by atoms with van der Waals surface area (Å²) >= 11 is 7.31. The first kappa shape index (κ1) is 24.2. The van der Waals surface area contributed by atoms with Crippen LogP contribution in [0.4, 0.5) is 4.79 Å². The second-order valence-corrected chi connectivity index (χ2v) is 10.3. The second-order valence-electron chi connectivity index (χ2n) is 8.94. The zero-order valence-electron chi connectivity index (χ0n) is 20.2. The molecule has 2 amide bonds. The highest BCUT2D eigenvalue weighted by molar-refractivity contribution is 8.18. The highest BCUT2D eigenvalue weighted by atomic mass is 35.5. The van der Waals surface area contributed by atoms with Gasteiger partial charge in [-0.05, 0) is 54.1 Å². The van der Waals surface area contributed by atoms with Crippen molar-refractivity contribution in [2.45, 2.75) is 20.0 Å². The number of carbonyl (C=O) groups excluding carboxylic acids is 2. The van der Waals surface area contributed by atoms with Gasteiger partial charge in [0.15, 0.2) is 11.5 Å². The van der Waals surface area contributed by atoms with Crippen LogP contribution in [0.1, 0.15) is 27.9 Å². The van der Waals surface area contributed by atoms with E-state index in [9.17, 15) is 14.9 Å². The van der Waals surface area contributed by atoms with Crippen molar-refractivity contribution in [2.24, 2.45) is 0 Å². The highest BCUT2D eigenvalue weighted by Crippen LogP contribution is 2.40. The molecule has 188 valence electrons. The smallest absolute Gasteiger partial charge is 0.293 e. The largest absolute Gasteiger partial charge is 0.454 e. The lowest BCUT2D eigenvalue weighted by Crippen LogP contribution is -2.27. The van der Waals surface area contributed by atoms with Gasteiger partial charge in [0.05, 0.1) is 23.1 Å². The molecule has 0 atom stereocenters. The molecule has 3 heterocycles. The maximum absolute atomic E-state index is 13.4. The topological polar surface area (TPSA) is 84.6 Å². The highest BCUT2D eigenvalue weighted by Gasteiger charge is 2.36. The summed E-state index contributed by atoms with van der Waals surface area (Å²) in [6, 6.07) is 21.0. The number of benzene rings is 3. The molecule has 3 aromatic carbocycles. The van der Waals surface area contributed by atoms with Crippen molar-refractivity contribution in [3.8, 4) is 17.6 Å². The van der Waals surface area contributed by atoms with E-state index in [2.05, 4.69) is 10.6 Å². The quantitative estimate of drug-likeness (QED) is 0.269. The Balaban J connectivity index is 1.35. The SMILES string of the molecule is Cc1c(/C=C2\SC(=O)N(Cc3cc4c(cc3Cl)OCO4)C2=O)c2ccccc2n1Cc1ccccc1C#N. The first-order valence-electron chi connectivity index (χ1n) is 11.8. The second kappa shape index (κ2) is 9.60. The van der Waals surface area contributed by atoms with Crippen LogP contribution in [0.5, 0.6) is 11.5 Å². The van der Waals surface area contributed by atoms with Gasteiger partial charge in [-0.1, -0.05) is 48.0 Å². The third kappa shape index (κ3) is 4.10. The number of halogens is 1. The molecule has 4 aromatic rings. The number of para-hydroxylation sites is 1. The number of amides is 2. The normalized spacial score (nSPS) is 15.6. The lowest BCUT2D eigenvalue weighted by atomic mass is 10.1. The van der Waals surface area contributed by atoms with E-state index in [0.717, 1.165) is 39.5 Å². The first-order valence-corrected chi connectivity index (χ1v) is 13.0. The molecule has 38 heavy (non-hydrogen) atoms. The minimum absolute atomic E-state index is 0.0309. The van der Waals surface area contributed by atoms with Crippen LogP contribution in [0, 0.1) is 18.3 Å². The average Bonchev–Trinajstić information content (AvgIpc) is 3.56. The predicted octanol–water partition coefficient (Wildman–Crippen LogP) is 6.49. The third-order valence-corrected chi connectivity index (χ3v) is 8.02. The minimum atomic E-state index is -0.375. The predicted molar refractivity (Wildman–Crippen MR) is 146 cm³/mol. The molecule has 0 unspecified atom stereocenters. The number of rotatable bonds is 5. The summed E-state index contributed by atoms with van der Waals surface area (Å²) < 4.78 is 12.9. The Labute approximate surface area is 227 Å². The van der Waals surface area contributed by atoms with Crippen molar-refractivity contribution in [3.05, 3.63) is 98.5 Å². The number of thioether (sulfide) groups is 1. The minimum Gasteiger partial charge on any atom is -0.454 e. The number of hydrogen-bond acceptors (Lipinski definition) is 6. The zero-order valence-corrected chi connectivity index (χ0v) is 21.8. The zero-order chi connectivity index (χ0) is 26.4. The number of fused-ring (bicyclic) bond motifs is 2. The van der Waals surface area contributed by atoms with Gasteiger partial charge in [-0.25, -0.2) is 0 Å². The molecular weight excluding hydrogens is 522 g/mol. The van der Waals surface area contributed by atoms with Gasteiger partial charge in [0.25, 0.3) is 11.1 Å². The van der Waals surface area contributed by atoms with Gasteiger partial charge in [-0.15, -0.1) is 0 Å².